The van der Waals surface area contributed by atoms with E-state index in [0.717, 1.165) is 24.3 Å². The molecule has 2 rings (SSSR count). The maximum atomic E-state index is 4.55. The van der Waals surface area contributed by atoms with Gasteiger partial charge in [0.1, 0.15) is 0 Å². The van der Waals surface area contributed by atoms with Crippen molar-refractivity contribution in [3.05, 3.63) is 45.9 Å². The van der Waals surface area contributed by atoms with Gasteiger partial charge in [-0.15, -0.1) is 11.3 Å². The van der Waals surface area contributed by atoms with Gasteiger partial charge in [0.2, 0.25) is 0 Å². The lowest BCUT2D eigenvalue weighted by Gasteiger charge is -2.08. The number of hydrogen-bond donors (Lipinski definition) is 1. The second-order valence-electron chi connectivity index (χ2n) is 4.72. The van der Waals surface area contributed by atoms with Crippen LogP contribution in [-0.4, -0.2) is 4.98 Å². The largest absolute Gasteiger partial charge is 0.379 e. The smallest absolute Gasteiger partial charge is 0.0926 e. The molecular weight excluding hydrogens is 240 g/mol. The molecule has 18 heavy (non-hydrogen) atoms. The number of nitrogens with zero attached hydrogens (tertiary/aromatic N) is 1. The monoisotopic (exact) mass is 260 g/mol. The van der Waals surface area contributed by atoms with Gasteiger partial charge in [-0.1, -0.05) is 32.9 Å². The summed E-state index contributed by atoms with van der Waals surface area (Å²) in [5.74, 6) is 0.588. The topological polar surface area (TPSA) is 24.9 Å². The molecule has 3 heteroatoms. The van der Waals surface area contributed by atoms with Crippen molar-refractivity contribution in [2.45, 2.75) is 39.7 Å². The van der Waals surface area contributed by atoms with Crippen molar-refractivity contribution < 1.29 is 0 Å². The molecule has 0 bridgehead atoms. The second kappa shape index (κ2) is 6.01. The van der Waals surface area contributed by atoms with E-state index in [1.807, 2.05) is 0 Å². The molecule has 0 aliphatic carbocycles. The molecule has 96 valence electrons. The molecule has 2 aromatic rings. The van der Waals surface area contributed by atoms with Gasteiger partial charge < -0.3 is 5.32 Å². The van der Waals surface area contributed by atoms with E-state index in [-0.39, 0.29) is 0 Å². The van der Waals surface area contributed by atoms with Crippen LogP contribution in [0.3, 0.4) is 0 Å². The Bertz CT molecular complexity index is 485. The minimum atomic E-state index is 0.588. The Kier molecular flexibility index (Phi) is 4.37. The van der Waals surface area contributed by atoms with Gasteiger partial charge in [0.05, 0.1) is 17.2 Å². The van der Waals surface area contributed by atoms with E-state index in [0.29, 0.717) is 5.92 Å². The normalized spacial score (nSPS) is 10.9. The first-order valence-electron chi connectivity index (χ1n) is 6.46. The van der Waals surface area contributed by atoms with E-state index in [9.17, 15) is 0 Å². The van der Waals surface area contributed by atoms with Crippen LogP contribution in [0.25, 0.3) is 0 Å². The molecule has 0 amide bonds. The summed E-state index contributed by atoms with van der Waals surface area (Å²) in [5, 5.41) is 6.75. The summed E-state index contributed by atoms with van der Waals surface area (Å²) in [6.07, 6.45) is 1.02. The first-order chi connectivity index (χ1) is 8.69. The van der Waals surface area contributed by atoms with Gasteiger partial charge >= 0.3 is 0 Å². The van der Waals surface area contributed by atoms with E-state index in [1.165, 1.54) is 10.6 Å². The van der Waals surface area contributed by atoms with Gasteiger partial charge in [0.25, 0.3) is 0 Å². The summed E-state index contributed by atoms with van der Waals surface area (Å²) in [5.41, 5.74) is 3.66. The van der Waals surface area contributed by atoms with Gasteiger partial charge in [-0.05, 0) is 30.0 Å². The lowest BCUT2D eigenvalue weighted by Crippen LogP contribution is -2.00. The highest BCUT2D eigenvalue weighted by Crippen LogP contribution is 2.18. The van der Waals surface area contributed by atoms with Crippen molar-refractivity contribution in [2.24, 2.45) is 0 Å². The molecule has 0 aliphatic heterocycles. The van der Waals surface area contributed by atoms with Crippen LogP contribution >= 0.6 is 11.3 Å². The van der Waals surface area contributed by atoms with Crippen molar-refractivity contribution in [3.8, 4) is 0 Å². The molecule has 1 heterocycles. The van der Waals surface area contributed by atoms with Crippen LogP contribution in [0.1, 0.15) is 43.0 Å². The van der Waals surface area contributed by atoms with Gasteiger partial charge in [-0.3, -0.25) is 0 Å². The molecule has 0 radical (unpaired) electrons. The minimum Gasteiger partial charge on any atom is -0.379 e. The van der Waals surface area contributed by atoms with E-state index >= 15 is 0 Å². The van der Waals surface area contributed by atoms with Crippen molar-refractivity contribution in [3.63, 3.8) is 0 Å². The summed E-state index contributed by atoms with van der Waals surface area (Å²) in [6, 6.07) is 8.65. The fourth-order valence-corrected chi connectivity index (χ4v) is 2.52. The quantitative estimate of drug-likeness (QED) is 0.859. The number of aromatic nitrogens is 1. The highest BCUT2D eigenvalue weighted by Gasteiger charge is 2.01. The minimum absolute atomic E-state index is 0.588. The van der Waals surface area contributed by atoms with Crippen molar-refractivity contribution in [1.82, 2.24) is 4.98 Å². The van der Waals surface area contributed by atoms with Crippen LogP contribution in [-0.2, 0) is 13.0 Å². The Morgan fingerprint density at radius 1 is 1.22 bits per heavy atom. The average molecular weight is 260 g/mol. The van der Waals surface area contributed by atoms with Crippen molar-refractivity contribution >= 4 is 17.0 Å². The Morgan fingerprint density at radius 2 is 1.94 bits per heavy atom. The van der Waals surface area contributed by atoms with Crippen LogP contribution in [0, 0.1) is 0 Å². The summed E-state index contributed by atoms with van der Waals surface area (Å²) < 4.78 is 0. The molecule has 0 atom stereocenters. The fourth-order valence-electron chi connectivity index (χ4n) is 1.77. The van der Waals surface area contributed by atoms with Crippen LogP contribution in [0.2, 0.25) is 0 Å². The van der Waals surface area contributed by atoms with E-state index < -0.39 is 0 Å². The summed E-state index contributed by atoms with van der Waals surface area (Å²) in [6.45, 7) is 7.37. The van der Waals surface area contributed by atoms with E-state index in [2.05, 4.69) is 60.7 Å². The van der Waals surface area contributed by atoms with Crippen LogP contribution in [0.15, 0.2) is 29.6 Å². The second-order valence-corrected chi connectivity index (χ2v) is 5.66. The number of rotatable bonds is 5. The van der Waals surface area contributed by atoms with Crippen molar-refractivity contribution in [2.75, 3.05) is 5.32 Å². The highest BCUT2D eigenvalue weighted by molar-refractivity contribution is 7.09. The zero-order chi connectivity index (χ0) is 13.0. The molecule has 0 unspecified atom stereocenters. The molecule has 0 saturated carbocycles. The number of thiazole rings is 1. The number of aryl methyl sites for hydroxylation is 1. The van der Waals surface area contributed by atoms with E-state index in [1.54, 1.807) is 11.3 Å². The molecule has 0 aliphatic rings. The molecule has 0 fully saturated rings. The molecular formula is C15H20N2S. The Balaban J connectivity index is 1.93. The third kappa shape index (κ3) is 3.33. The maximum absolute atomic E-state index is 4.55. The maximum Gasteiger partial charge on any atom is 0.0926 e. The number of nitrogens with one attached hydrogen (secondary N) is 1. The first-order valence-corrected chi connectivity index (χ1v) is 7.34. The van der Waals surface area contributed by atoms with Crippen LogP contribution in [0.4, 0.5) is 5.69 Å². The number of hydrogen-bond acceptors (Lipinski definition) is 3. The van der Waals surface area contributed by atoms with Gasteiger partial charge in [0, 0.05) is 11.1 Å². The molecule has 0 saturated heterocycles. The Morgan fingerprint density at radius 3 is 2.50 bits per heavy atom. The third-order valence-electron chi connectivity index (χ3n) is 2.95. The lowest BCUT2D eigenvalue weighted by atomic mass is 10.0. The summed E-state index contributed by atoms with van der Waals surface area (Å²) in [7, 11) is 0. The van der Waals surface area contributed by atoms with Gasteiger partial charge in [-0.25, -0.2) is 4.98 Å². The average Bonchev–Trinajstić information content (AvgIpc) is 2.85. The molecule has 1 N–H and O–H groups in total. The Labute approximate surface area is 113 Å². The predicted molar refractivity (Wildman–Crippen MR) is 79.3 cm³/mol. The van der Waals surface area contributed by atoms with Crippen LogP contribution in [0.5, 0.6) is 0 Å². The molecule has 2 nitrogen and oxygen atoms in total. The van der Waals surface area contributed by atoms with E-state index in [4.69, 9.17) is 0 Å². The zero-order valence-electron chi connectivity index (χ0n) is 11.2. The van der Waals surface area contributed by atoms with Crippen LogP contribution < -0.4 is 5.32 Å². The first kappa shape index (κ1) is 13.1. The van der Waals surface area contributed by atoms with Gasteiger partial charge in [-0.2, -0.15) is 0 Å². The zero-order valence-corrected chi connectivity index (χ0v) is 12.1. The molecule has 0 spiro atoms. The lowest BCUT2D eigenvalue weighted by molar-refractivity contribution is 0.866. The number of anilines is 1. The highest BCUT2D eigenvalue weighted by atomic mass is 32.1. The molecule has 1 aromatic carbocycles. The summed E-state index contributed by atoms with van der Waals surface area (Å²) >= 11 is 1.74. The van der Waals surface area contributed by atoms with Gasteiger partial charge in [0.15, 0.2) is 0 Å². The molecule has 1 aromatic heterocycles. The number of benzene rings is 1. The predicted octanol–water partition coefficient (Wildman–Crippen LogP) is 4.44. The standard InChI is InChI=1S/C15H20N2S/c1-4-15-17-14(10-18-15)9-16-13-7-5-12(6-8-13)11(2)3/h5-8,10-11,16H,4,9H2,1-3H3. The summed E-state index contributed by atoms with van der Waals surface area (Å²) in [4.78, 5) is 4.55. The third-order valence-corrected chi connectivity index (χ3v) is 3.99. The van der Waals surface area contributed by atoms with Crippen molar-refractivity contribution in [1.29, 1.82) is 0 Å². The Hall–Kier alpha value is -1.35. The fraction of sp³-hybridized carbons (Fsp3) is 0.400. The SMILES string of the molecule is CCc1nc(CNc2ccc(C(C)C)cc2)cs1.